The molecule has 1 heterocycles. The van der Waals surface area contributed by atoms with Crippen LogP contribution in [0.1, 0.15) is 23.2 Å². The lowest BCUT2D eigenvalue weighted by Crippen LogP contribution is -2.20. The third-order valence-electron chi connectivity index (χ3n) is 4.38. The van der Waals surface area contributed by atoms with Crippen LogP contribution in [0, 0.1) is 6.92 Å². The van der Waals surface area contributed by atoms with Gasteiger partial charge in [0.15, 0.2) is 5.16 Å². The Bertz CT molecular complexity index is 1070. The smallest absolute Gasteiger partial charge is 0.288 e. The maximum Gasteiger partial charge on any atom is 0.288 e. The van der Waals surface area contributed by atoms with E-state index in [9.17, 15) is 18.4 Å². The topological polar surface area (TPSA) is 74.8 Å². The van der Waals surface area contributed by atoms with Crippen molar-refractivity contribution in [2.45, 2.75) is 41.3 Å². The van der Waals surface area contributed by atoms with E-state index < -0.39 is 5.76 Å². The molecule has 1 amide bonds. The number of aromatic nitrogens is 2. The molecule has 3 rings (SSSR count). The molecule has 0 saturated heterocycles. The van der Waals surface area contributed by atoms with Gasteiger partial charge in [0.05, 0.1) is 0 Å². The zero-order valence-corrected chi connectivity index (χ0v) is 18.4. The van der Waals surface area contributed by atoms with Crippen molar-refractivity contribution in [1.82, 2.24) is 9.97 Å². The van der Waals surface area contributed by atoms with E-state index in [-0.39, 0.29) is 24.3 Å². The summed E-state index contributed by atoms with van der Waals surface area (Å²) in [6.07, 6.45) is 0.360. The predicted molar refractivity (Wildman–Crippen MR) is 121 cm³/mol. The Morgan fingerprint density at radius 3 is 2.48 bits per heavy atom. The second-order valence-corrected chi connectivity index (χ2v) is 8.69. The maximum absolute atomic E-state index is 12.5. The fourth-order valence-electron chi connectivity index (χ4n) is 2.86. The largest absolute Gasteiger partial charge is 0.326 e. The molecule has 3 aromatic rings. The van der Waals surface area contributed by atoms with E-state index in [1.807, 2.05) is 30.3 Å². The Kier molecular flexibility index (Phi) is 8.25. The van der Waals surface area contributed by atoms with Crippen LogP contribution in [0.4, 0.5) is 14.5 Å². The molecule has 0 saturated carbocycles. The zero-order valence-electron chi connectivity index (χ0n) is 16.7. The third kappa shape index (κ3) is 7.22. The van der Waals surface area contributed by atoms with Crippen molar-refractivity contribution >= 4 is 35.1 Å². The molecule has 162 valence electrons. The first-order valence-electron chi connectivity index (χ1n) is 9.52. The number of carbonyl (C=O) groups is 1. The predicted octanol–water partition coefficient (Wildman–Crippen LogP) is 5.26. The van der Waals surface area contributed by atoms with Crippen LogP contribution in [0.25, 0.3) is 0 Å². The second kappa shape index (κ2) is 11.1. The van der Waals surface area contributed by atoms with Crippen molar-refractivity contribution in [2.24, 2.45) is 0 Å². The van der Waals surface area contributed by atoms with Gasteiger partial charge in [-0.25, -0.2) is 4.98 Å². The molecule has 0 aliphatic carbocycles. The number of benzene rings is 2. The SMILES string of the molecule is Cc1nc(SCc2ccccc2)[nH]c(=O)c1CCC(=O)Nc1ccc(SC(F)F)cc1. The molecule has 0 aliphatic heterocycles. The van der Waals surface area contributed by atoms with Gasteiger partial charge in [-0.1, -0.05) is 53.9 Å². The zero-order chi connectivity index (χ0) is 22.2. The number of hydrogen-bond acceptors (Lipinski definition) is 5. The Labute approximate surface area is 187 Å². The number of carbonyl (C=O) groups excluding carboxylic acids is 1. The number of thioether (sulfide) groups is 2. The number of anilines is 1. The molecule has 1 aromatic heterocycles. The van der Waals surface area contributed by atoms with Crippen molar-refractivity contribution in [2.75, 3.05) is 5.32 Å². The number of halogens is 2. The normalized spacial score (nSPS) is 11.0. The molecule has 0 fully saturated rings. The molecular formula is C22H21F2N3O2S2. The Balaban J connectivity index is 1.54. The van der Waals surface area contributed by atoms with Gasteiger partial charge in [-0.15, -0.1) is 0 Å². The van der Waals surface area contributed by atoms with E-state index >= 15 is 0 Å². The maximum atomic E-state index is 12.5. The van der Waals surface area contributed by atoms with Gasteiger partial charge < -0.3 is 10.3 Å². The van der Waals surface area contributed by atoms with Crippen LogP contribution >= 0.6 is 23.5 Å². The summed E-state index contributed by atoms with van der Waals surface area (Å²) in [7, 11) is 0. The molecule has 5 nitrogen and oxygen atoms in total. The molecule has 31 heavy (non-hydrogen) atoms. The number of H-pyrrole nitrogens is 1. The molecular weight excluding hydrogens is 440 g/mol. The number of alkyl halides is 2. The highest BCUT2D eigenvalue weighted by atomic mass is 32.2. The van der Waals surface area contributed by atoms with Gasteiger partial charge >= 0.3 is 0 Å². The minimum atomic E-state index is -2.49. The number of nitrogens with zero attached hydrogens (tertiary/aromatic N) is 1. The van der Waals surface area contributed by atoms with E-state index in [1.165, 1.54) is 23.9 Å². The average molecular weight is 462 g/mol. The monoisotopic (exact) mass is 461 g/mol. The van der Waals surface area contributed by atoms with Crippen LogP contribution in [0.3, 0.4) is 0 Å². The van der Waals surface area contributed by atoms with E-state index in [0.29, 0.717) is 44.5 Å². The Morgan fingerprint density at radius 1 is 1.13 bits per heavy atom. The standard InChI is InChI=1S/C22H21F2N3O2S2/c1-14-18(20(29)27-22(25-14)30-13-15-5-3-2-4-6-15)11-12-19(28)26-16-7-9-17(10-8-16)31-21(23)24/h2-10,21H,11-13H2,1H3,(H,26,28)(H,25,27,29). The lowest BCUT2D eigenvalue weighted by Gasteiger charge is -2.08. The van der Waals surface area contributed by atoms with Crippen molar-refractivity contribution in [3.05, 3.63) is 81.8 Å². The summed E-state index contributed by atoms with van der Waals surface area (Å²) < 4.78 is 24.7. The van der Waals surface area contributed by atoms with Crippen LogP contribution in [0.2, 0.25) is 0 Å². The fourth-order valence-corrected chi connectivity index (χ4v) is 4.22. The molecule has 0 radical (unpaired) electrons. The lowest BCUT2D eigenvalue weighted by atomic mass is 10.1. The summed E-state index contributed by atoms with van der Waals surface area (Å²) in [5.41, 5.74) is 2.47. The van der Waals surface area contributed by atoms with Crippen LogP contribution < -0.4 is 10.9 Å². The van der Waals surface area contributed by atoms with Gasteiger partial charge in [0.25, 0.3) is 11.3 Å². The molecule has 0 bridgehead atoms. The van der Waals surface area contributed by atoms with Gasteiger partial charge in [0, 0.05) is 34.0 Å². The first-order chi connectivity index (χ1) is 14.9. The number of rotatable bonds is 9. The highest BCUT2D eigenvalue weighted by Gasteiger charge is 2.12. The highest BCUT2D eigenvalue weighted by molar-refractivity contribution is 7.99. The Morgan fingerprint density at radius 2 is 1.84 bits per heavy atom. The quantitative estimate of drug-likeness (QED) is 0.336. The van der Waals surface area contributed by atoms with Gasteiger partial charge in [-0.2, -0.15) is 8.78 Å². The minimum absolute atomic E-state index is 0.107. The summed E-state index contributed by atoms with van der Waals surface area (Å²) in [5, 5.41) is 3.25. The number of hydrogen-bond donors (Lipinski definition) is 2. The van der Waals surface area contributed by atoms with Crippen molar-refractivity contribution in [1.29, 1.82) is 0 Å². The van der Waals surface area contributed by atoms with Gasteiger partial charge in [-0.3, -0.25) is 9.59 Å². The number of aromatic amines is 1. The van der Waals surface area contributed by atoms with E-state index in [0.717, 1.165) is 5.56 Å². The highest BCUT2D eigenvalue weighted by Crippen LogP contribution is 2.26. The molecule has 0 aliphatic rings. The van der Waals surface area contributed by atoms with E-state index in [2.05, 4.69) is 15.3 Å². The number of amides is 1. The molecule has 0 unspecified atom stereocenters. The Hall–Kier alpha value is -2.65. The van der Waals surface area contributed by atoms with Crippen molar-refractivity contribution < 1.29 is 13.6 Å². The summed E-state index contributed by atoms with van der Waals surface area (Å²) in [6, 6.07) is 16.1. The van der Waals surface area contributed by atoms with E-state index in [1.54, 1.807) is 19.1 Å². The first kappa shape index (κ1) is 23.0. The summed E-state index contributed by atoms with van der Waals surface area (Å²) in [6.45, 7) is 1.76. The van der Waals surface area contributed by atoms with Crippen LogP contribution in [-0.2, 0) is 17.0 Å². The molecule has 9 heteroatoms. The van der Waals surface area contributed by atoms with Crippen molar-refractivity contribution in [3.8, 4) is 0 Å². The number of nitrogens with one attached hydrogen (secondary N) is 2. The third-order valence-corrected chi connectivity index (χ3v) is 6.05. The first-order valence-corrected chi connectivity index (χ1v) is 11.4. The second-order valence-electron chi connectivity index (χ2n) is 6.66. The van der Waals surface area contributed by atoms with Crippen LogP contribution in [0.15, 0.2) is 69.4 Å². The summed E-state index contributed by atoms with van der Waals surface area (Å²) in [4.78, 5) is 32.4. The van der Waals surface area contributed by atoms with Gasteiger partial charge in [-0.05, 0) is 43.2 Å². The average Bonchev–Trinajstić information content (AvgIpc) is 2.73. The van der Waals surface area contributed by atoms with Crippen LogP contribution in [0.5, 0.6) is 0 Å². The fraction of sp³-hybridized carbons (Fsp3) is 0.227. The summed E-state index contributed by atoms with van der Waals surface area (Å²) >= 11 is 1.89. The number of aryl methyl sites for hydroxylation is 1. The lowest BCUT2D eigenvalue weighted by molar-refractivity contribution is -0.116. The molecule has 0 spiro atoms. The molecule has 2 N–H and O–H groups in total. The van der Waals surface area contributed by atoms with Crippen LogP contribution in [-0.4, -0.2) is 21.6 Å². The molecule has 0 atom stereocenters. The molecule has 2 aromatic carbocycles. The van der Waals surface area contributed by atoms with Gasteiger partial charge in [0.2, 0.25) is 5.91 Å². The summed E-state index contributed by atoms with van der Waals surface area (Å²) in [5.74, 6) is -2.06. The minimum Gasteiger partial charge on any atom is -0.326 e. The van der Waals surface area contributed by atoms with Gasteiger partial charge in [0.1, 0.15) is 0 Å². The van der Waals surface area contributed by atoms with E-state index in [4.69, 9.17) is 0 Å². The van der Waals surface area contributed by atoms with Crippen molar-refractivity contribution in [3.63, 3.8) is 0 Å².